The largest absolute Gasteiger partial charge is 0.489 e. The van der Waals surface area contributed by atoms with E-state index >= 15 is 0 Å². The van der Waals surface area contributed by atoms with Crippen LogP contribution in [0.5, 0.6) is 0 Å². The highest BCUT2D eigenvalue weighted by Crippen LogP contribution is 2.15. The zero-order valence-corrected chi connectivity index (χ0v) is 16.5. The molecule has 3 heterocycles. The van der Waals surface area contributed by atoms with Gasteiger partial charge < -0.3 is 9.64 Å². The summed E-state index contributed by atoms with van der Waals surface area (Å²) in [6.45, 7) is 6.12. The Morgan fingerprint density at radius 2 is 1.64 bits per heavy atom. The molecule has 4 rings (SSSR count). The van der Waals surface area contributed by atoms with Crippen molar-refractivity contribution >= 4 is 0 Å². The van der Waals surface area contributed by atoms with Crippen molar-refractivity contribution < 1.29 is 4.74 Å². The summed E-state index contributed by atoms with van der Waals surface area (Å²) >= 11 is 0. The predicted molar refractivity (Wildman–Crippen MR) is 112 cm³/mol. The summed E-state index contributed by atoms with van der Waals surface area (Å²) in [5, 5.41) is 0. The summed E-state index contributed by atoms with van der Waals surface area (Å²) < 4.78 is 5.86. The zero-order chi connectivity index (χ0) is 19.0. The van der Waals surface area contributed by atoms with Crippen molar-refractivity contribution in [2.24, 2.45) is 0 Å². The molecular formula is C24H29N3O. The maximum atomic E-state index is 5.86. The predicted octanol–water partition coefficient (Wildman–Crippen LogP) is 4.15. The lowest BCUT2D eigenvalue weighted by Crippen LogP contribution is -2.23. The Morgan fingerprint density at radius 1 is 0.893 bits per heavy atom. The van der Waals surface area contributed by atoms with E-state index in [4.69, 9.17) is 4.74 Å². The average molecular weight is 376 g/mol. The fourth-order valence-electron chi connectivity index (χ4n) is 3.72. The molecule has 1 saturated heterocycles. The molecule has 0 atom stereocenters. The van der Waals surface area contributed by atoms with E-state index in [1.54, 1.807) is 12.4 Å². The molecular weight excluding hydrogens is 346 g/mol. The number of pyridine rings is 1. The van der Waals surface area contributed by atoms with Crippen molar-refractivity contribution in [2.75, 3.05) is 26.2 Å². The molecule has 0 N–H and O–H groups in total. The molecule has 4 nitrogen and oxygen atoms in total. The van der Waals surface area contributed by atoms with Crippen LogP contribution in [0.3, 0.4) is 0 Å². The Bertz CT molecular complexity index is 792. The third-order valence-electron chi connectivity index (χ3n) is 5.45. The van der Waals surface area contributed by atoms with Gasteiger partial charge in [0.15, 0.2) is 0 Å². The van der Waals surface area contributed by atoms with E-state index < -0.39 is 0 Å². The van der Waals surface area contributed by atoms with Crippen LogP contribution >= 0.6 is 0 Å². The second kappa shape index (κ2) is 9.56. The second-order valence-corrected chi connectivity index (χ2v) is 7.61. The van der Waals surface area contributed by atoms with Crippen LogP contribution in [0.2, 0.25) is 0 Å². The smallest absolute Gasteiger partial charge is 0.119 e. The van der Waals surface area contributed by atoms with Gasteiger partial charge in [-0.15, -0.1) is 0 Å². The lowest BCUT2D eigenvalue weighted by Gasteiger charge is -2.23. The molecule has 0 unspecified atom stereocenters. The number of rotatable bonds is 8. The molecule has 1 fully saturated rings. The Hall–Kier alpha value is -2.59. The number of likely N-dealkylation sites (tertiary alicyclic amines) is 1. The quantitative estimate of drug-likeness (QED) is 0.693. The summed E-state index contributed by atoms with van der Waals surface area (Å²) in [6, 6.07) is 13.1. The zero-order valence-electron chi connectivity index (χ0n) is 16.5. The fraction of sp³-hybridized carbons (Fsp3) is 0.375. The molecule has 4 heteroatoms. The first kappa shape index (κ1) is 18.8. The highest BCUT2D eigenvalue weighted by atomic mass is 16.5. The Kier molecular flexibility index (Phi) is 6.40. The molecule has 1 aromatic carbocycles. The minimum absolute atomic E-state index is 0.586. The Labute approximate surface area is 168 Å². The number of hydrogen-bond donors (Lipinski definition) is 0. The van der Waals surface area contributed by atoms with E-state index in [0.29, 0.717) is 6.61 Å². The Balaban J connectivity index is 1.18. The SMILES string of the molecule is C1=CN(CCc2ccc(CN3CCCC3)cc2)CC=C1OCc1ccncc1. The number of hydrogen-bond acceptors (Lipinski definition) is 4. The number of allylic oxidation sites excluding steroid dienone is 1. The third-order valence-corrected chi connectivity index (χ3v) is 5.45. The third kappa shape index (κ3) is 5.46. The van der Waals surface area contributed by atoms with Crippen LogP contribution < -0.4 is 0 Å². The lowest BCUT2D eigenvalue weighted by atomic mass is 10.1. The van der Waals surface area contributed by atoms with Gasteiger partial charge in [-0.2, -0.15) is 0 Å². The number of benzene rings is 1. The molecule has 0 aliphatic carbocycles. The molecule has 2 aromatic rings. The minimum atomic E-state index is 0.586. The summed E-state index contributed by atoms with van der Waals surface area (Å²) in [7, 11) is 0. The first-order valence-electron chi connectivity index (χ1n) is 10.3. The minimum Gasteiger partial charge on any atom is -0.489 e. The summed E-state index contributed by atoms with van der Waals surface area (Å²) in [4.78, 5) is 8.91. The van der Waals surface area contributed by atoms with Crippen molar-refractivity contribution in [1.29, 1.82) is 0 Å². The van der Waals surface area contributed by atoms with Crippen LogP contribution in [0, 0.1) is 0 Å². The van der Waals surface area contributed by atoms with E-state index in [-0.39, 0.29) is 0 Å². The van der Waals surface area contributed by atoms with Crippen LogP contribution in [0.15, 0.2) is 72.9 Å². The first-order valence-corrected chi connectivity index (χ1v) is 10.3. The Morgan fingerprint density at radius 3 is 2.36 bits per heavy atom. The molecule has 0 amide bonds. The van der Waals surface area contributed by atoms with Crippen molar-refractivity contribution in [3.8, 4) is 0 Å². The molecule has 0 saturated carbocycles. The summed E-state index contributed by atoms with van der Waals surface area (Å²) in [5.74, 6) is 0.944. The van der Waals surface area contributed by atoms with Crippen LogP contribution in [-0.2, 0) is 24.3 Å². The van der Waals surface area contributed by atoms with E-state index in [2.05, 4.69) is 57.4 Å². The maximum absolute atomic E-state index is 5.86. The van der Waals surface area contributed by atoms with E-state index in [9.17, 15) is 0 Å². The van der Waals surface area contributed by atoms with Gasteiger partial charge in [0.25, 0.3) is 0 Å². The van der Waals surface area contributed by atoms with Gasteiger partial charge in [0.05, 0.1) is 0 Å². The van der Waals surface area contributed by atoms with Crippen LogP contribution in [-0.4, -0.2) is 41.0 Å². The topological polar surface area (TPSA) is 28.6 Å². The molecule has 0 radical (unpaired) electrons. The standard InChI is InChI=1S/C24H29N3O/c1-2-15-27(14-1)19-22-5-3-21(4-6-22)9-16-26-17-10-24(11-18-26)28-20-23-7-12-25-13-8-23/h3-8,10-13,17H,1-2,9,14-16,18-20H2. The molecule has 1 aromatic heterocycles. The molecule has 0 spiro atoms. The normalized spacial score (nSPS) is 17.0. The number of aromatic nitrogens is 1. The van der Waals surface area contributed by atoms with Crippen LogP contribution in [0.4, 0.5) is 0 Å². The molecule has 146 valence electrons. The van der Waals surface area contributed by atoms with Crippen LogP contribution in [0.25, 0.3) is 0 Å². The van der Waals surface area contributed by atoms with Gasteiger partial charge in [-0.3, -0.25) is 9.88 Å². The fourth-order valence-corrected chi connectivity index (χ4v) is 3.72. The number of ether oxygens (including phenoxy) is 1. The second-order valence-electron chi connectivity index (χ2n) is 7.61. The van der Waals surface area contributed by atoms with E-state index in [0.717, 1.165) is 37.4 Å². The monoisotopic (exact) mass is 375 g/mol. The van der Waals surface area contributed by atoms with Crippen LogP contribution in [0.1, 0.15) is 29.5 Å². The molecule has 0 bridgehead atoms. The van der Waals surface area contributed by atoms with Crippen molar-refractivity contribution in [3.63, 3.8) is 0 Å². The van der Waals surface area contributed by atoms with Gasteiger partial charge in [0, 0.05) is 38.2 Å². The van der Waals surface area contributed by atoms with E-state index in [1.165, 1.54) is 37.1 Å². The van der Waals surface area contributed by atoms with Gasteiger partial charge in [-0.1, -0.05) is 24.3 Å². The summed E-state index contributed by atoms with van der Waals surface area (Å²) in [6.07, 6.45) is 13.7. The molecule has 2 aliphatic rings. The molecule has 28 heavy (non-hydrogen) atoms. The maximum Gasteiger partial charge on any atom is 0.119 e. The van der Waals surface area contributed by atoms with Gasteiger partial charge >= 0.3 is 0 Å². The van der Waals surface area contributed by atoms with Gasteiger partial charge in [0.1, 0.15) is 12.4 Å². The summed E-state index contributed by atoms with van der Waals surface area (Å²) in [5.41, 5.74) is 3.98. The van der Waals surface area contributed by atoms with Gasteiger partial charge in [0.2, 0.25) is 0 Å². The average Bonchev–Trinajstić information content (AvgIpc) is 3.26. The van der Waals surface area contributed by atoms with Crippen molar-refractivity contribution in [2.45, 2.75) is 32.4 Å². The van der Waals surface area contributed by atoms with Gasteiger partial charge in [-0.25, -0.2) is 0 Å². The van der Waals surface area contributed by atoms with E-state index in [1.807, 2.05) is 12.1 Å². The van der Waals surface area contributed by atoms with Crippen molar-refractivity contribution in [3.05, 3.63) is 89.6 Å². The van der Waals surface area contributed by atoms with Crippen molar-refractivity contribution in [1.82, 2.24) is 14.8 Å². The lowest BCUT2D eigenvalue weighted by molar-refractivity contribution is 0.205. The number of nitrogens with zero attached hydrogens (tertiary/aromatic N) is 3. The van der Waals surface area contributed by atoms with Gasteiger partial charge in [-0.05, 0) is 73.3 Å². The highest BCUT2D eigenvalue weighted by molar-refractivity contribution is 5.23. The highest BCUT2D eigenvalue weighted by Gasteiger charge is 2.11. The molecule has 2 aliphatic heterocycles. The first-order chi connectivity index (χ1) is 13.8.